The van der Waals surface area contributed by atoms with Crippen molar-refractivity contribution < 1.29 is 14.3 Å². The van der Waals surface area contributed by atoms with E-state index in [2.05, 4.69) is 17.2 Å². The third-order valence-electron chi connectivity index (χ3n) is 6.06. The maximum absolute atomic E-state index is 12.7. The molecule has 2 fully saturated rings. The molecule has 2 aromatic rings. The number of benzene rings is 2. The first kappa shape index (κ1) is 20.3. The number of rotatable bonds is 3. The van der Waals surface area contributed by atoms with Crippen LogP contribution in [0.2, 0.25) is 5.02 Å². The third-order valence-corrected chi connectivity index (χ3v) is 6.35. The summed E-state index contributed by atoms with van der Waals surface area (Å²) < 4.78 is 5.14. The van der Waals surface area contributed by atoms with Crippen molar-refractivity contribution in [3.63, 3.8) is 0 Å². The Morgan fingerprint density at radius 2 is 1.90 bits per heavy atom. The first-order valence-corrected chi connectivity index (χ1v) is 10.4. The van der Waals surface area contributed by atoms with Crippen molar-refractivity contribution in [2.75, 3.05) is 25.5 Å². The van der Waals surface area contributed by atoms with Gasteiger partial charge in [0.05, 0.1) is 12.1 Å². The average molecular weight is 423 g/mol. The first-order valence-electron chi connectivity index (χ1n) is 10.0. The molecule has 154 valence electrons. The molecule has 1 saturated heterocycles. The van der Waals surface area contributed by atoms with E-state index in [0.717, 1.165) is 24.8 Å². The molecule has 1 atom stereocenters. The normalized spacial score (nSPS) is 18.9. The molecule has 1 saturated carbocycles. The molecular weight excluding hydrogens is 400 g/mol. The zero-order chi connectivity index (χ0) is 21.1. The standard InChI is InChI=1S/C24H23ClN2O3/c1-30-21-9-8-18(15-20(21)25)26-23(29)19-16-24(19)11-13-27(14-12-24)22(28)10-7-17-5-3-2-4-6-17/h2-6,8-9,15,19H,11-14,16H2,1H3,(H,26,29). The number of likely N-dealkylation sites (tertiary alicyclic amines) is 1. The molecule has 2 aliphatic rings. The average Bonchev–Trinajstić information content (AvgIpc) is 3.47. The summed E-state index contributed by atoms with van der Waals surface area (Å²) in [5.41, 5.74) is 1.50. The highest BCUT2D eigenvalue weighted by atomic mass is 35.5. The van der Waals surface area contributed by atoms with Crippen LogP contribution >= 0.6 is 11.6 Å². The molecule has 0 bridgehead atoms. The van der Waals surface area contributed by atoms with Gasteiger partial charge in [-0.25, -0.2) is 0 Å². The number of halogens is 1. The smallest absolute Gasteiger partial charge is 0.298 e. The first-order chi connectivity index (χ1) is 14.5. The van der Waals surface area contributed by atoms with Crippen LogP contribution in [0.25, 0.3) is 0 Å². The lowest BCUT2D eigenvalue weighted by Gasteiger charge is -2.31. The van der Waals surface area contributed by atoms with E-state index in [4.69, 9.17) is 16.3 Å². The van der Waals surface area contributed by atoms with Crippen molar-refractivity contribution in [2.45, 2.75) is 19.3 Å². The highest BCUT2D eigenvalue weighted by molar-refractivity contribution is 6.32. The number of carbonyl (C=O) groups is 2. The van der Waals surface area contributed by atoms with Gasteiger partial charge in [-0.2, -0.15) is 0 Å². The van der Waals surface area contributed by atoms with Crippen LogP contribution in [0.15, 0.2) is 48.5 Å². The molecule has 5 nitrogen and oxygen atoms in total. The molecular formula is C24H23ClN2O3. The number of hydrogen-bond donors (Lipinski definition) is 1. The SMILES string of the molecule is COc1ccc(NC(=O)C2CC23CCN(C(=O)C#Cc2ccccc2)CC3)cc1Cl. The summed E-state index contributed by atoms with van der Waals surface area (Å²) in [6.45, 7) is 1.28. The van der Waals surface area contributed by atoms with E-state index in [9.17, 15) is 9.59 Å². The topological polar surface area (TPSA) is 58.6 Å². The fourth-order valence-corrected chi connectivity index (χ4v) is 4.38. The Morgan fingerprint density at radius 3 is 2.57 bits per heavy atom. The van der Waals surface area contributed by atoms with Crippen molar-refractivity contribution in [3.05, 3.63) is 59.1 Å². The number of piperidine rings is 1. The van der Waals surface area contributed by atoms with E-state index < -0.39 is 0 Å². The molecule has 4 rings (SSSR count). The van der Waals surface area contributed by atoms with E-state index in [1.54, 1.807) is 30.2 Å². The Bertz CT molecular complexity index is 1020. The van der Waals surface area contributed by atoms with Gasteiger partial charge in [-0.3, -0.25) is 9.59 Å². The van der Waals surface area contributed by atoms with E-state index >= 15 is 0 Å². The zero-order valence-electron chi connectivity index (χ0n) is 16.8. The molecule has 1 spiro atoms. The minimum absolute atomic E-state index is 0.00396. The lowest BCUT2D eigenvalue weighted by Crippen LogP contribution is -2.39. The van der Waals surface area contributed by atoms with Crippen LogP contribution in [0.3, 0.4) is 0 Å². The fraction of sp³-hybridized carbons (Fsp3) is 0.333. The Balaban J connectivity index is 1.30. The quantitative estimate of drug-likeness (QED) is 0.761. The second kappa shape index (κ2) is 8.41. The number of ether oxygens (including phenoxy) is 1. The summed E-state index contributed by atoms with van der Waals surface area (Å²) in [5.74, 6) is 6.07. The van der Waals surface area contributed by atoms with Crippen LogP contribution in [0, 0.1) is 23.2 Å². The van der Waals surface area contributed by atoms with Gasteiger partial charge in [0, 0.05) is 36.2 Å². The Hall–Kier alpha value is -2.97. The summed E-state index contributed by atoms with van der Waals surface area (Å²) in [7, 11) is 1.55. The Kier molecular flexibility index (Phi) is 5.69. The van der Waals surface area contributed by atoms with Gasteiger partial charge in [0.1, 0.15) is 5.75 Å². The van der Waals surface area contributed by atoms with Crippen LogP contribution in [0.4, 0.5) is 5.69 Å². The maximum atomic E-state index is 12.7. The van der Waals surface area contributed by atoms with Crippen molar-refractivity contribution in [2.24, 2.45) is 11.3 Å². The predicted octanol–water partition coefficient (Wildman–Crippen LogP) is 3.97. The van der Waals surface area contributed by atoms with Crippen LogP contribution in [-0.4, -0.2) is 36.9 Å². The van der Waals surface area contributed by atoms with Gasteiger partial charge >= 0.3 is 0 Å². The van der Waals surface area contributed by atoms with Gasteiger partial charge in [0.2, 0.25) is 5.91 Å². The number of hydrogen-bond acceptors (Lipinski definition) is 3. The summed E-state index contributed by atoms with van der Waals surface area (Å²) in [4.78, 5) is 26.9. The highest BCUT2D eigenvalue weighted by Gasteiger charge is 2.58. The van der Waals surface area contributed by atoms with E-state index in [0.29, 0.717) is 29.5 Å². The van der Waals surface area contributed by atoms with Gasteiger partial charge < -0.3 is 15.0 Å². The lowest BCUT2D eigenvalue weighted by atomic mass is 9.90. The number of methoxy groups -OCH3 is 1. The van der Waals surface area contributed by atoms with Crippen molar-refractivity contribution in [1.82, 2.24) is 4.90 Å². The van der Waals surface area contributed by atoms with Crippen LogP contribution < -0.4 is 10.1 Å². The second-order valence-electron chi connectivity index (χ2n) is 7.87. The summed E-state index contributed by atoms with van der Waals surface area (Å²) >= 11 is 6.14. The van der Waals surface area contributed by atoms with Crippen molar-refractivity contribution in [1.29, 1.82) is 0 Å². The number of carbonyl (C=O) groups excluding carboxylic acids is 2. The summed E-state index contributed by atoms with van der Waals surface area (Å²) in [6, 6.07) is 14.7. The fourth-order valence-electron chi connectivity index (χ4n) is 4.13. The number of amides is 2. The largest absolute Gasteiger partial charge is 0.495 e. The Morgan fingerprint density at radius 1 is 1.17 bits per heavy atom. The predicted molar refractivity (Wildman–Crippen MR) is 116 cm³/mol. The molecule has 1 aliphatic heterocycles. The molecule has 1 aliphatic carbocycles. The number of anilines is 1. The molecule has 6 heteroatoms. The van der Waals surface area contributed by atoms with E-state index in [-0.39, 0.29) is 23.1 Å². The second-order valence-corrected chi connectivity index (χ2v) is 8.27. The summed E-state index contributed by atoms with van der Waals surface area (Å²) in [5, 5.41) is 3.42. The van der Waals surface area contributed by atoms with Crippen LogP contribution in [0.5, 0.6) is 5.75 Å². The molecule has 0 aromatic heterocycles. The molecule has 1 unspecified atom stereocenters. The van der Waals surface area contributed by atoms with Gasteiger partial charge in [-0.05, 0) is 55.0 Å². The monoisotopic (exact) mass is 422 g/mol. The van der Waals surface area contributed by atoms with E-state index in [1.165, 1.54) is 0 Å². The summed E-state index contributed by atoms with van der Waals surface area (Å²) in [6.07, 6.45) is 2.51. The third kappa shape index (κ3) is 4.29. The van der Waals surface area contributed by atoms with Crippen molar-refractivity contribution >= 4 is 29.1 Å². The highest BCUT2D eigenvalue weighted by Crippen LogP contribution is 2.59. The van der Waals surface area contributed by atoms with Crippen molar-refractivity contribution in [3.8, 4) is 17.6 Å². The molecule has 2 amide bonds. The zero-order valence-corrected chi connectivity index (χ0v) is 17.5. The molecule has 1 heterocycles. The maximum Gasteiger partial charge on any atom is 0.298 e. The number of nitrogens with zero attached hydrogens (tertiary/aromatic N) is 1. The molecule has 0 radical (unpaired) electrons. The van der Waals surface area contributed by atoms with Gasteiger partial charge in [0.25, 0.3) is 5.91 Å². The molecule has 2 aromatic carbocycles. The molecule has 1 N–H and O–H groups in total. The minimum atomic E-state index is -0.150. The van der Waals surface area contributed by atoms with Crippen LogP contribution in [-0.2, 0) is 9.59 Å². The van der Waals surface area contributed by atoms with Gasteiger partial charge in [-0.15, -0.1) is 0 Å². The van der Waals surface area contributed by atoms with Gasteiger partial charge in [0.15, 0.2) is 0 Å². The van der Waals surface area contributed by atoms with Crippen LogP contribution in [0.1, 0.15) is 24.8 Å². The number of nitrogens with one attached hydrogen (secondary N) is 1. The van der Waals surface area contributed by atoms with Gasteiger partial charge in [-0.1, -0.05) is 35.7 Å². The Labute approximate surface area is 181 Å². The lowest BCUT2D eigenvalue weighted by molar-refractivity contribution is -0.126. The van der Waals surface area contributed by atoms with E-state index in [1.807, 2.05) is 30.3 Å². The minimum Gasteiger partial charge on any atom is -0.495 e. The molecule has 30 heavy (non-hydrogen) atoms.